The molecule has 24 nitrogen and oxygen atoms in total. The highest BCUT2D eigenvalue weighted by molar-refractivity contribution is 6.12. The molecule has 360 valence electrons. The van der Waals surface area contributed by atoms with Crippen LogP contribution in [0.4, 0.5) is 19.7 Å². The first-order valence-electron chi connectivity index (χ1n) is 20.6. The fraction of sp³-hybridized carbons (Fsp3) is 0.575. The van der Waals surface area contributed by atoms with Crippen LogP contribution in [0, 0.1) is 5.92 Å². The maximum absolute atomic E-state index is 14.6. The Hall–Kier alpha value is -6.28. The molecule has 25 heteroatoms. The lowest BCUT2D eigenvalue weighted by atomic mass is 9.87. The number of ether oxygens (including phenoxy) is 2. The lowest BCUT2D eigenvalue weighted by Gasteiger charge is -2.46. The highest BCUT2D eigenvalue weighted by Gasteiger charge is 2.61. The second-order valence-electron chi connectivity index (χ2n) is 15.7. The van der Waals surface area contributed by atoms with Gasteiger partial charge in [-0.1, -0.05) is 32.4 Å². The van der Waals surface area contributed by atoms with Crippen molar-refractivity contribution in [3.63, 3.8) is 0 Å². The smallest absolute Gasteiger partial charge is 0.407 e. The second-order valence-corrected chi connectivity index (χ2v) is 15.7. The van der Waals surface area contributed by atoms with Gasteiger partial charge >= 0.3 is 23.9 Å². The number of nitrogens with zero attached hydrogens (tertiary/aromatic N) is 1. The molecular weight excluding hydrogens is 867 g/mol. The number of nitrogens with two attached hydrogens (primary N) is 1. The number of aliphatic hydroxyl groups is 4. The van der Waals surface area contributed by atoms with Gasteiger partial charge in [-0.25, -0.2) is 18.8 Å². The van der Waals surface area contributed by atoms with Crippen molar-refractivity contribution >= 4 is 59.2 Å². The lowest BCUT2D eigenvalue weighted by Crippen LogP contribution is -2.72. The third-order valence-electron chi connectivity index (χ3n) is 10.2. The number of primary amides is 1. The zero-order valence-corrected chi connectivity index (χ0v) is 35.9. The number of carbonyl (C=O) groups excluding carboxylic acids is 8. The van der Waals surface area contributed by atoms with E-state index in [1.54, 1.807) is 13.8 Å². The highest BCUT2D eigenvalue weighted by atomic mass is 19.1. The van der Waals surface area contributed by atoms with Gasteiger partial charge < -0.3 is 72.6 Å². The number of carbonyl (C=O) groups is 9. The molecule has 1 fully saturated rings. The molecule has 0 bridgehead atoms. The van der Waals surface area contributed by atoms with E-state index in [1.807, 2.05) is 0 Å². The summed E-state index contributed by atoms with van der Waals surface area (Å²) >= 11 is 0. The van der Waals surface area contributed by atoms with Gasteiger partial charge in [0.1, 0.15) is 37.0 Å². The summed E-state index contributed by atoms with van der Waals surface area (Å²) < 4.78 is 24.6. The van der Waals surface area contributed by atoms with E-state index >= 15 is 0 Å². The van der Waals surface area contributed by atoms with E-state index in [1.165, 1.54) is 36.4 Å². The van der Waals surface area contributed by atoms with Crippen LogP contribution in [0.2, 0.25) is 0 Å². The second kappa shape index (κ2) is 24.7. The number of amides is 9. The van der Waals surface area contributed by atoms with Crippen LogP contribution in [0.15, 0.2) is 36.4 Å². The lowest BCUT2D eigenvalue weighted by molar-refractivity contribution is -0.319. The molecule has 0 saturated carbocycles. The molecule has 2 aliphatic heterocycles. The monoisotopic (exact) mass is 924 g/mol. The van der Waals surface area contributed by atoms with E-state index < -0.39 is 109 Å². The predicted molar refractivity (Wildman–Crippen MR) is 221 cm³/mol. The van der Waals surface area contributed by atoms with Gasteiger partial charge in [-0.05, 0) is 49.3 Å². The van der Waals surface area contributed by atoms with Crippen molar-refractivity contribution in [2.24, 2.45) is 11.7 Å². The molecule has 0 spiro atoms. The fourth-order valence-electron chi connectivity index (χ4n) is 6.66. The predicted octanol–water partition coefficient (Wildman–Crippen LogP) is -2.49. The number of alkyl halides is 1. The molecule has 1 aromatic rings. The Morgan fingerprint density at radius 2 is 1.58 bits per heavy atom. The van der Waals surface area contributed by atoms with Crippen molar-refractivity contribution in [1.29, 1.82) is 0 Å². The van der Waals surface area contributed by atoms with Crippen molar-refractivity contribution < 1.29 is 82.5 Å². The molecule has 65 heavy (non-hydrogen) atoms. The van der Waals surface area contributed by atoms with Crippen molar-refractivity contribution in [2.45, 2.75) is 120 Å². The van der Waals surface area contributed by atoms with Crippen LogP contribution < -0.4 is 37.6 Å². The van der Waals surface area contributed by atoms with Crippen molar-refractivity contribution in [3.8, 4) is 0 Å². The van der Waals surface area contributed by atoms with Crippen LogP contribution in [-0.4, -0.2) is 158 Å². The van der Waals surface area contributed by atoms with Gasteiger partial charge in [0.15, 0.2) is 6.17 Å². The number of rotatable bonds is 24. The van der Waals surface area contributed by atoms with E-state index in [0.29, 0.717) is 24.8 Å². The Labute approximate surface area is 371 Å². The standard InChI is InChI=1S/C40H57FN8O16/c1-20(2)29(48-26(52)9-5-4-6-17-49-27(53)14-15-28(49)54)36(58)47-24(8-7-16-43-38(42)61)35(57)46-23-12-10-22(11-13-23)19-64-39(62)44-18-25(51)31(55)33-30(45-21(3)50)32(56)34(41)40(63,65-33)37(59)60/h10-15,20,24-25,29-34,51,55-56,63H,4-9,16-19H2,1-3H3,(H,44,62)(H,45,50)(H,46,57)(H,47,58)(H,48,52)(H,59,60)(H3,42,43,61)/t24?,25-,29?,30-,31?,32-,33?,34-,40?/m1/s1. The number of unbranched alkanes of at least 4 members (excludes halogenated alkanes) is 2. The van der Waals surface area contributed by atoms with Crippen molar-refractivity contribution in [1.82, 2.24) is 31.5 Å². The summed E-state index contributed by atoms with van der Waals surface area (Å²) in [6.45, 7) is 3.56. The van der Waals surface area contributed by atoms with Gasteiger partial charge in [-0.15, -0.1) is 0 Å². The third kappa shape index (κ3) is 15.7. The van der Waals surface area contributed by atoms with Gasteiger partial charge in [-0.3, -0.25) is 33.7 Å². The number of alkyl carbamates (subject to hydrolysis) is 1. The Morgan fingerprint density at radius 1 is 0.938 bits per heavy atom. The summed E-state index contributed by atoms with van der Waals surface area (Å²) in [5.74, 6) is -9.65. The average Bonchev–Trinajstić information content (AvgIpc) is 3.57. The normalized spacial score (nSPS) is 22.3. The van der Waals surface area contributed by atoms with Crippen LogP contribution >= 0.6 is 0 Å². The number of benzene rings is 1. The van der Waals surface area contributed by atoms with Crippen LogP contribution in [0.5, 0.6) is 0 Å². The van der Waals surface area contributed by atoms with Crippen molar-refractivity contribution in [3.05, 3.63) is 42.0 Å². The van der Waals surface area contributed by atoms with Gasteiger partial charge in [-0.2, -0.15) is 0 Å². The molecule has 2 heterocycles. The topological polar surface area (TPSA) is 375 Å². The molecule has 0 radical (unpaired) electrons. The SMILES string of the molecule is CC(=O)N[C@H]1C(C(O)[C@H](O)CNC(=O)OCc2ccc(NC(=O)C(CCCNC(N)=O)NC(=O)C(NC(=O)CCCCCN3C(=O)C=CC3=O)C(C)C)cc2)OC(O)(C(=O)O)[C@H](F)[C@@H]1O. The first-order valence-corrected chi connectivity index (χ1v) is 20.6. The van der Waals surface area contributed by atoms with Crippen molar-refractivity contribution in [2.75, 3.05) is 25.0 Å². The minimum Gasteiger partial charge on any atom is -0.477 e. The Balaban J connectivity index is 1.53. The van der Waals surface area contributed by atoms with E-state index in [2.05, 4.69) is 31.9 Å². The van der Waals surface area contributed by atoms with E-state index in [9.17, 15) is 73.1 Å². The molecule has 0 aromatic heterocycles. The molecule has 5 unspecified atom stereocenters. The first-order chi connectivity index (χ1) is 30.5. The summed E-state index contributed by atoms with van der Waals surface area (Å²) in [6, 6.07) is 1.10. The summed E-state index contributed by atoms with van der Waals surface area (Å²) in [5, 5.41) is 65.7. The van der Waals surface area contributed by atoms with Gasteiger partial charge in [0.2, 0.25) is 23.6 Å². The molecule has 13 N–H and O–H groups in total. The van der Waals surface area contributed by atoms with E-state index in [4.69, 9.17) is 15.2 Å². The Kier molecular flexibility index (Phi) is 20.2. The number of carboxylic acids is 1. The number of anilines is 1. The summed E-state index contributed by atoms with van der Waals surface area (Å²) in [5.41, 5.74) is 5.81. The number of nitrogens with one attached hydrogen (secondary N) is 6. The number of aliphatic hydroxyl groups excluding tert-OH is 3. The maximum Gasteiger partial charge on any atom is 0.407 e. The minimum absolute atomic E-state index is 0.0507. The first kappa shape index (κ1) is 53.1. The third-order valence-corrected chi connectivity index (χ3v) is 10.2. The summed E-state index contributed by atoms with van der Waals surface area (Å²) in [4.78, 5) is 111. The zero-order chi connectivity index (χ0) is 48.6. The molecule has 0 aliphatic carbocycles. The number of halogens is 1. The van der Waals surface area contributed by atoms with Crippen LogP contribution in [-0.2, 0) is 49.6 Å². The molecule has 3 rings (SSSR count). The van der Waals surface area contributed by atoms with Gasteiger partial charge in [0.05, 0.1) is 12.1 Å². The summed E-state index contributed by atoms with van der Waals surface area (Å²) in [7, 11) is 0. The number of carboxylic acid groups (broad SMARTS) is 1. The van der Waals surface area contributed by atoms with Gasteiger partial charge in [0.25, 0.3) is 11.8 Å². The van der Waals surface area contributed by atoms with E-state index in [-0.39, 0.29) is 56.5 Å². The molecule has 9 atom stereocenters. The molecular formula is C40H57FN8O16. The van der Waals surface area contributed by atoms with Gasteiger partial charge in [0, 0.05) is 50.8 Å². The number of aliphatic carboxylic acids is 1. The number of urea groups is 1. The van der Waals surface area contributed by atoms with E-state index in [0.717, 1.165) is 11.8 Å². The average molecular weight is 925 g/mol. The van der Waals surface area contributed by atoms with Crippen LogP contribution in [0.1, 0.15) is 64.9 Å². The molecule has 9 amide bonds. The molecule has 1 aromatic carbocycles. The largest absolute Gasteiger partial charge is 0.477 e. The fourth-order valence-corrected chi connectivity index (χ4v) is 6.66. The Morgan fingerprint density at radius 3 is 2.17 bits per heavy atom. The number of hydrogen-bond acceptors (Lipinski definition) is 15. The summed E-state index contributed by atoms with van der Waals surface area (Å²) in [6.07, 6.45) is -8.59. The Bertz CT molecular complexity index is 1900. The quantitative estimate of drug-likeness (QED) is 0.0377. The minimum atomic E-state index is -3.66. The van der Waals surface area contributed by atoms with Crippen LogP contribution in [0.3, 0.4) is 0 Å². The molecule has 1 saturated heterocycles. The van der Waals surface area contributed by atoms with Crippen LogP contribution in [0.25, 0.3) is 0 Å². The zero-order valence-electron chi connectivity index (χ0n) is 35.9. The highest BCUT2D eigenvalue weighted by Crippen LogP contribution is 2.33. The molecule has 2 aliphatic rings. The maximum atomic E-state index is 14.6. The number of hydrogen-bond donors (Lipinski definition) is 12. The number of imide groups is 1.